The summed E-state index contributed by atoms with van der Waals surface area (Å²) in [6.07, 6.45) is 5.14. The number of thiazole rings is 1. The number of hydrogen-bond donors (Lipinski definition) is 2. The molecule has 1 amide bonds. The van der Waals surface area contributed by atoms with Crippen molar-refractivity contribution in [2.75, 3.05) is 12.4 Å². The summed E-state index contributed by atoms with van der Waals surface area (Å²) >= 11 is 1.53. The maximum absolute atomic E-state index is 11.7. The number of anilines is 1. The summed E-state index contributed by atoms with van der Waals surface area (Å²) in [6.45, 7) is 0. The van der Waals surface area contributed by atoms with Crippen LogP contribution in [0.4, 0.5) is 5.13 Å². The van der Waals surface area contributed by atoms with Crippen LogP contribution in [-0.4, -0.2) is 24.0 Å². The second-order valence-corrected chi connectivity index (χ2v) is 4.98. The zero-order valence-corrected chi connectivity index (χ0v) is 10.3. The lowest BCUT2D eigenvalue weighted by Gasteiger charge is -2.10. The zero-order chi connectivity index (χ0) is 11.4. The number of nitrogens with one attached hydrogen (secondary N) is 2. The molecule has 0 aliphatic heterocycles. The van der Waals surface area contributed by atoms with Gasteiger partial charge in [-0.3, -0.25) is 4.79 Å². The van der Waals surface area contributed by atoms with Gasteiger partial charge in [0.15, 0.2) is 5.13 Å². The van der Waals surface area contributed by atoms with Crippen LogP contribution in [0.2, 0.25) is 0 Å². The van der Waals surface area contributed by atoms with Crippen LogP contribution in [0.25, 0.3) is 0 Å². The Bertz CT molecular complexity index is 358. The second-order valence-electron chi connectivity index (χ2n) is 4.12. The first-order valence-corrected chi connectivity index (χ1v) is 6.57. The van der Waals surface area contributed by atoms with E-state index in [2.05, 4.69) is 15.6 Å². The molecule has 0 radical (unpaired) electrons. The largest absolute Gasteiger partial charge is 0.365 e. The molecule has 1 aromatic rings. The van der Waals surface area contributed by atoms with E-state index in [4.69, 9.17) is 0 Å². The highest BCUT2D eigenvalue weighted by Gasteiger charge is 2.17. The van der Waals surface area contributed by atoms with Gasteiger partial charge >= 0.3 is 0 Å². The molecule has 1 aromatic heterocycles. The number of hydrogen-bond acceptors (Lipinski definition) is 4. The SMILES string of the molecule is CNc1nc(CC(=O)NC2CCCC2)cs1. The average Bonchev–Trinajstić information content (AvgIpc) is 2.89. The molecule has 0 spiro atoms. The van der Waals surface area contributed by atoms with E-state index in [1.807, 2.05) is 12.4 Å². The minimum Gasteiger partial charge on any atom is -0.365 e. The van der Waals surface area contributed by atoms with E-state index in [-0.39, 0.29) is 5.91 Å². The summed E-state index contributed by atoms with van der Waals surface area (Å²) in [7, 11) is 1.83. The van der Waals surface area contributed by atoms with Gasteiger partial charge in [0.05, 0.1) is 12.1 Å². The Kier molecular flexibility index (Phi) is 3.77. The number of amides is 1. The normalized spacial score (nSPS) is 16.3. The lowest BCUT2D eigenvalue weighted by atomic mass is 10.2. The first-order valence-electron chi connectivity index (χ1n) is 5.69. The molecule has 1 aliphatic rings. The van der Waals surface area contributed by atoms with Crippen molar-refractivity contribution in [2.45, 2.75) is 38.1 Å². The number of carbonyl (C=O) groups is 1. The van der Waals surface area contributed by atoms with Crippen molar-refractivity contribution >= 4 is 22.4 Å². The molecule has 1 saturated carbocycles. The third kappa shape index (κ3) is 2.95. The second kappa shape index (κ2) is 5.30. The van der Waals surface area contributed by atoms with Gasteiger partial charge in [-0.1, -0.05) is 12.8 Å². The maximum atomic E-state index is 11.7. The van der Waals surface area contributed by atoms with Crippen LogP contribution < -0.4 is 10.6 Å². The highest BCUT2D eigenvalue weighted by molar-refractivity contribution is 7.13. The minimum atomic E-state index is 0.0971. The van der Waals surface area contributed by atoms with E-state index >= 15 is 0 Å². The molecule has 1 aliphatic carbocycles. The Morgan fingerprint density at radius 3 is 2.94 bits per heavy atom. The van der Waals surface area contributed by atoms with Crippen LogP contribution in [0.15, 0.2) is 5.38 Å². The van der Waals surface area contributed by atoms with Crippen molar-refractivity contribution < 1.29 is 4.79 Å². The van der Waals surface area contributed by atoms with Crippen molar-refractivity contribution in [1.29, 1.82) is 0 Å². The Balaban J connectivity index is 1.81. The van der Waals surface area contributed by atoms with Gasteiger partial charge < -0.3 is 10.6 Å². The van der Waals surface area contributed by atoms with Gasteiger partial charge in [0.1, 0.15) is 0 Å². The molecule has 2 rings (SSSR count). The van der Waals surface area contributed by atoms with Crippen molar-refractivity contribution in [1.82, 2.24) is 10.3 Å². The van der Waals surface area contributed by atoms with E-state index in [1.165, 1.54) is 24.2 Å². The Morgan fingerprint density at radius 2 is 2.31 bits per heavy atom. The third-order valence-corrected chi connectivity index (χ3v) is 3.74. The summed E-state index contributed by atoms with van der Waals surface area (Å²) in [5, 5.41) is 8.82. The molecule has 88 valence electrons. The van der Waals surface area contributed by atoms with Crippen molar-refractivity contribution in [2.24, 2.45) is 0 Å². The molecule has 0 unspecified atom stereocenters. The minimum absolute atomic E-state index is 0.0971. The van der Waals surface area contributed by atoms with Crippen LogP contribution in [-0.2, 0) is 11.2 Å². The monoisotopic (exact) mass is 239 g/mol. The van der Waals surface area contributed by atoms with Crippen LogP contribution in [0.3, 0.4) is 0 Å². The van der Waals surface area contributed by atoms with Gasteiger partial charge in [-0.25, -0.2) is 4.98 Å². The lowest BCUT2D eigenvalue weighted by Crippen LogP contribution is -2.33. The molecule has 2 N–H and O–H groups in total. The molecule has 1 heterocycles. The standard InChI is InChI=1S/C11H17N3OS/c1-12-11-14-9(7-16-11)6-10(15)13-8-4-2-3-5-8/h7-8H,2-6H2,1H3,(H,12,14)(H,13,15). The molecule has 16 heavy (non-hydrogen) atoms. The quantitative estimate of drug-likeness (QED) is 0.842. The van der Waals surface area contributed by atoms with Crippen LogP contribution in [0.1, 0.15) is 31.4 Å². The topological polar surface area (TPSA) is 54.0 Å². The van der Waals surface area contributed by atoms with E-state index in [1.54, 1.807) is 0 Å². The fourth-order valence-corrected chi connectivity index (χ4v) is 2.69. The zero-order valence-electron chi connectivity index (χ0n) is 9.45. The number of carbonyl (C=O) groups excluding carboxylic acids is 1. The summed E-state index contributed by atoms with van der Waals surface area (Å²) < 4.78 is 0. The third-order valence-electron chi connectivity index (χ3n) is 2.83. The van der Waals surface area contributed by atoms with Gasteiger partial charge in [0, 0.05) is 18.5 Å². The highest BCUT2D eigenvalue weighted by Crippen LogP contribution is 2.18. The Hall–Kier alpha value is -1.10. The molecule has 0 aromatic carbocycles. The fraction of sp³-hybridized carbons (Fsp3) is 0.636. The average molecular weight is 239 g/mol. The van der Waals surface area contributed by atoms with Gasteiger partial charge in [-0.2, -0.15) is 0 Å². The van der Waals surface area contributed by atoms with E-state index < -0.39 is 0 Å². The first kappa shape index (κ1) is 11.4. The summed E-state index contributed by atoms with van der Waals surface area (Å²) in [5.41, 5.74) is 0.852. The van der Waals surface area contributed by atoms with E-state index in [9.17, 15) is 4.79 Å². The van der Waals surface area contributed by atoms with Crippen molar-refractivity contribution in [3.63, 3.8) is 0 Å². The van der Waals surface area contributed by atoms with Crippen LogP contribution in [0.5, 0.6) is 0 Å². The van der Waals surface area contributed by atoms with Crippen LogP contribution in [0, 0.1) is 0 Å². The predicted molar refractivity (Wildman–Crippen MR) is 65.8 cm³/mol. The van der Waals surface area contributed by atoms with Gasteiger partial charge in [0.25, 0.3) is 0 Å². The molecule has 0 saturated heterocycles. The molecular weight excluding hydrogens is 222 g/mol. The number of nitrogens with zero attached hydrogens (tertiary/aromatic N) is 1. The lowest BCUT2D eigenvalue weighted by molar-refractivity contribution is -0.121. The summed E-state index contributed by atoms with van der Waals surface area (Å²) in [5.74, 6) is 0.0971. The van der Waals surface area contributed by atoms with E-state index in [0.29, 0.717) is 12.5 Å². The summed E-state index contributed by atoms with van der Waals surface area (Å²) in [4.78, 5) is 16.0. The maximum Gasteiger partial charge on any atom is 0.226 e. The van der Waals surface area contributed by atoms with Crippen LogP contribution >= 0.6 is 11.3 Å². The first-order chi connectivity index (χ1) is 7.78. The van der Waals surface area contributed by atoms with Crippen molar-refractivity contribution in [3.05, 3.63) is 11.1 Å². The number of aromatic nitrogens is 1. The number of rotatable bonds is 4. The fourth-order valence-electron chi connectivity index (χ4n) is 2.02. The Labute approximate surface area is 99.5 Å². The highest BCUT2D eigenvalue weighted by atomic mass is 32.1. The smallest absolute Gasteiger partial charge is 0.226 e. The molecular formula is C11H17N3OS. The predicted octanol–water partition coefficient (Wildman–Crippen LogP) is 1.79. The van der Waals surface area contributed by atoms with Gasteiger partial charge in [0.2, 0.25) is 5.91 Å². The molecule has 0 atom stereocenters. The van der Waals surface area contributed by atoms with Gasteiger partial charge in [-0.15, -0.1) is 11.3 Å². The van der Waals surface area contributed by atoms with Crippen molar-refractivity contribution in [3.8, 4) is 0 Å². The summed E-state index contributed by atoms with van der Waals surface area (Å²) in [6, 6.07) is 0.398. The molecule has 1 fully saturated rings. The molecule has 5 heteroatoms. The van der Waals surface area contributed by atoms with Gasteiger partial charge in [-0.05, 0) is 12.8 Å². The van der Waals surface area contributed by atoms with E-state index in [0.717, 1.165) is 23.7 Å². The molecule has 4 nitrogen and oxygen atoms in total. The Morgan fingerprint density at radius 1 is 1.56 bits per heavy atom. The molecule has 0 bridgehead atoms.